The Morgan fingerprint density at radius 2 is 2.21 bits per heavy atom. The molecule has 1 fully saturated rings. The molecule has 0 bridgehead atoms. The smallest absolute Gasteiger partial charge is 0.324 e. The van der Waals surface area contributed by atoms with Gasteiger partial charge in [-0.25, -0.2) is 4.98 Å². The molecule has 0 radical (unpaired) electrons. The standard InChI is InChI=1S/C18H25N7O2S/c1-28-7-6-18(20,16(26)27)10-2-5-12(8-10)25-9-21-13-14(22-11-3-4-11)23-17(19)24-15(13)25/h2,5,9-12H,3-4,6-8,20H2,1H3,(H,26,27)(H3,19,22,23,24). The predicted molar refractivity (Wildman–Crippen MR) is 110 cm³/mol. The van der Waals surface area contributed by atoms with Gasteiger partial charge in [-0.3, -0.25) is 4.79 Å². The molecule has 1 saturated carbocycles. The third-order valence-electron chi connectivity index (χ3n) is 5.55. The van der Waals surface area contributed by atoms with E-state index >= 15 is 0 Å². The van der Waals surface area contributed by atoms with E-state index in [0.29, 0.717) is 41.6 Å². The van der Waals surface area contributed by atoms with Crippen molar-refractivity contribution in [1.82, 2.24) is 19.5 Å². The summed E-state index contributed by atoms with van der Waals surface area (Å²) in [5, 5.41) is 13.1. The Morgan fingerprint density at radius 1 is 1.43 bits per heavy atom. The molecule has 3 unspecified atom stereocenters. The first-order valence-corrected chi connectivity index (χ1v) is 10.8. The molecule has 0 aromatic carbocycles. The van der Waals surface area contributed by atoms with Gasteiger partial charge in [0.25, 0.3) is 0 Å². The number of carbonyl (C=O) groups is 1. The number of imidazole rings is 1. The van der Waals surface area contributed by atoms with Crippen LogP contribution in [0.2, 0.25) is 0 Å². The molecule has 2 aromatic rings. The van der Waals surface area contributed by atoms with E-state index in [1.807, 2.05) is 23.0 Å². The monoisotopic (exact) mass is 403 g/mol. The van der Waals surface area contributed by atoms with E-state index in [0.717, 1.165) is 12.8 Å². The van der Waals surface area contributed by atoms with Crippen molar-refractivity contribution in [3.8, 4) is 0 Å². The molecule has 2 aliphatic carbocycles. The van der Waals surface area contributed by atoms with Crippen LogP contribution in [0.5, 0.6) is 0 Å². The molecule has 2 heterocycles. The Labute approximate surface area is 167 Å². The first kappa shape index (κ1) is 19.0. The van der Waals surface area contributed by atoms with Crippen molar-refractivity contribution in [2.24, 2.45) is 11.7 Å². The van der Waals surface area contributed by atoms with E-state index in [2.05, 4.69) is 20.3 Å². The van der Waals surface area contributed by atoms with Crippen molar-refractivity contribution < 1.29 is 9.90 Å². The number of hydrogen-bond acceptors (Lipinski definition) is 8. The number of nitrogens with two attached hydrogens (primary N) is 2. The summed E-state index contributed by atoms with van der Waals surface area (Å²) in [5.74, 6) is 0.319. The van der Waals surface area contributed by atoms with Crippen molar-refractivity contribution in [1.29, 1.82) is 0 Å². The van der Waals surface area contributed by atoms with E-state index in [9.17, 15) is 9.90 Å². The molecular weight excluding hydrogens is 378 g/mol. The summed E-state index contributed by atoms with van der Waals surface area (Å²) in [5.41, 5.74) is 12.3. The molecule has 10 heteroatoms. The maximum absolute atomic E-state index is 11.9. The number of nitrogens with one attached hydrogen (secondary N) is 1. The average molecular weight is 404 g/mol. The second-order valence-corrected chi connectivity index (χ2v) is 8.54. The Kier molecular flexibility index (Phi) is 4.92. The molecule has 0 saturated heterocycles. The van der Waals surface area contributed by atoms with Crippen LogP contribution in [0.4, 0.5) is 11.8 Å². The van der Waals surface area contributed by atoms with Gasteiger partial charge in [-0.15, -0.1) is 0 Å². The fraction of sp³-hybridized carbons (Fsp3) is 0.556. The van der Waals surface area contributed by atoms with Gasteiger partial charge in [-0.1, -0.05) is 12.2 Å². The SMILES string of the molecule is CSCCC(N)(C(=O)O)C1C=CC(n2cnc3c(NC4CC4)nc(N)nc32)C1. The van der Waals surface area contributed by atoms with E-state index in [4.69, 9.17) is 11.5 Å². The molecule has 28 heavy (non-hydrogen) atoms. The molecule has 9 nitrogen and oxygen atoms in total. The van der Waals surface area contributed by atoms with E-state index in [1.54, 1.807) is 18.1 Å². The second-order valence-electron chi connectivity index (χ2n) is 7.56. The number of carboxylic acid groups (broad SMARTS) is 1. The number of nitrogens with zero attached hydrogens (tertiary/aromatic N) is 4. The number of thioether (sulfide) groups is 1. The summed E-state index contributed by atoms with van der Waals surface area (Å²) in [4.78, 5) is 25.1. The molecule has 150 valence electrons. The number of rotatable bonds is 8. The summed E-state index contributed by atoms with van der Waals surface area (Å²) < 4.78 is 1.93. The number of fused-ring (bicyclic) bond motifs is 1. The number of carboxylic acids is 1. The van der Waals surface area contributed by atoms with Crippen LogP contribution in [-0.4, -0.2) is 54.2 Å². The van der Waals surface area contributed by atoms with Gasteiger partial charge >= 0.3 is 5.97 Å². The number of anilines is 2. The van der Waals surface area contributed by atoms with Crippen molar-refractivity contribution in [3.63, 3.8) is 0 Å². The highest BCUT2D eigenvalue weighted by Crippen LogP contribution is 2.38. The first-order chi connectivity index (χ1) is 13.4. The van der Waals surface area contributed by atoms with Gasteiger partial charge in [0.15, 0.2) is 17.0 Å². The summed E-state index contributed by atoms with van der Waals surface area (Å²) >= 11 is 1.60. The largest absolute Gasteiger partial charge is 0.480 e. The van der Waals surface area contributed by atoms with Gasteiger partial charge in [0, 0.05) is 12.0 Å². The maximum atomic E-state index is 11.9. The maximum Gasteiger partial charge on any atom is 0.324 e. The van der Waals surface area contributed by atoms with Gasteiger partial charge in [0.05, 0.1) is 12.4 Å². The zero-order valence-corrected chi connectivity index (χ0v) is 16.5. The first-order valence-electron chi connectivity index (χ1n) is 9.38. The van der Waals surface area contributed by atoms with Gasteiger partial charge < -0.3 is 26.5 Å². The lowest BCUT2D eigenvalue weighted by Gasteiger charge is -2.30. The van der Waals surface area contributed by atoms with Gasteiger partial charge in [-0.2, -0.15) is 21.7 Å². The van der Waals surface area contributed by atoms with E-state index in [-0.39, 0.29) is 17.9 Å². The summed E-state index contributed by atoms with van der Waals surface area (Å²) in [6, 6.07) is 0.345. The molecule has 6 N–H and O–H groups in total. The van der Waals surface area contributed by atoms with Crippen LogP contribution in [0.1, 0.15) is 31.7 Å². The van der Waals surface area contributed by atoms with Crippen LogP contribution >= 0.6 is 11.8 Å². The average Bonchev–Trinajstić information content (AvgIpc) is 3.17. The Morgan fingerprint density at radius 3 is 2.89 bits per heavy atom. The Hall–Kier alpha value is -2.33. The predicted octanol–water partition coefficient (Wildman–Crippen LogP) is 1.64. The lowest BCUT2D eigenvalue weighted by atomic mass is 9.81. The van der Waals surface area contributed by atoms with Crippen molar-refractivity contribution in [2.45, 2.75) is 43.3 Å². The molecule has 0 spiro atoms. The third-order valence-corrected chi connectivity index (χ3v) is 6.17. The number of allylic oxidation sites excluding steroid dienone is 1. The molecule has 2 aromatic heterocycles. The van der Waals surface area contributed by atoms with Crippen molar-refractivity contribution in [2.75, 3.05) is 23.1 Å². The van der Waals surface area contributed by atoms with Gasteiger partial charge in [0.1, 0.15) is 5.54 Å². The Balaban J connectivity index is 1.60. The molecule has 3 atom stereocenters. The van der Waals surface area contributed by atoms with Crippen LogP contribution in [0, 0.1) is 5.92 Å². The minimum absolute atomic E-state index is 0.0744. The van der Waals surface area contributed by atoms with Crippen molar-refractivity contribution >= 4 is 40.7 Å². The fourth-order valence-electron chi connectivity index (χ4n) is 3.69. The minimum Gasteiger partial charge on any atom is -0.480 e. The summed E-state index contributed by atoms with van der Waals surface area (Å²) in [6.07, 6.45) is 10.8. The van der Waals surface area contributed by atoms with Crippen LogP contribution in [0.15, 0.2) is 18.5 Å². The van der Waals surface area contributed by atoms with E-state index < -0.39 is 11.5 Å². The van der Waals surface area contributed by atoms with Crippen LogP contribution in [0.25, 0.3) is 11.2 Å². The zero-order chi connectivity index (χ0) is 19.9. The van der Waals surface area contributed by atoms with Gasteiger partial charge in [0.2, 0.25) is 5.95 Å². The lowest BCUT2D eigenvalue weighted by Crippen LogP contribution is -2.53. The summed E-state index contributed by atoms with van der Waals surface area (Å²) in [7, 11) is 0. The minimum atomic E-state index is -1.28. The topological polar surface area (TPSA) is 145 Å². The fourth-order valence-corrected chi connectivity index (χ4v) is 4.23. The lowest BCUT2D eigenvalue weighted by molar-refractivity contribution is -0.145. The second kappa shape index (κ2) is 7.25. The number of aromatic nitrogens is 4. The van der Waals surface area contributed by atoms with Crippen LogP contribution in [-0.2, 0) is 4.79 Å². The molecule has 0 amide bonds. The highest BCUT2D eigenvalue weighted by Gasteiger charge is 2.43. The normalized spacial score (nSPS) is 23.8. The van der Waals surface area contributed by atoms with Gasteiger partial charge in [-0.05, 0) is 37.7 Å². The van der Waals surface area contributed by atoms with Crippen LogP contribution < -0.4 is 16.8 Å². The van der Waals surface area contributed by atoms with E-state index in [1.165, 1.54) is 0 Å². The zero-order valence-electron chi connectivity index (χ0n) is 15.7. The third kappa shape index (κ3) is 3.42. The number of nitrogen functional groups attached to an aromatic ring is 1. The molecular formula is C18H25N7O2S. The van der Waals surface area contributed by atoms with Crippen molar-refractivity contribution in [3.05, 3.63) is 18.5 Å². The van der Waals surface area contributed by atoms with Crippen LogP contribution in [0.3, 0.4) is 0 Å². The quantitative estimate of drug-likeness (QED) is 0.483. The summed E-state index contributed by atoms with van der Waals surface area (Å²) in [6.45, 7) is 0. The molecule has 4 rings (SSSR count). The molecule has 0 aliphatic heterocycles. The number of hydrogen-bond donors (Lipinski definition) is 4. The highest BCUT2D eigenvalue weighted by atomic mass is 32.2. The molecule has 2 aliphatic rings. The number of aliphatic carboxylic acids is 1. The highest BCUT2D eigenvalue weighted by molar-refractivity contribution is 7.98. The Bertz CT molecular complexity index is 926.